The van der Waals surface area contributed by atoms with Crippen LogP contribution in [0.25, 0.3) is 11.0 Å². The topological polar surface area (TPSA) is 39.4 Å². The van der Waals surface area contributed by atoms with Gasteiger partial charge in [0.2, 0.25) is 0 Å². The molecule has 0 spiro atoms. The highest BCUT2D eigenvalue weighted by atomic mass is 127. The fourth-order valence-electron chi connectivity index (χ4n) is 1.47. The average molecular weight is 395 g/mol. The minimum Gasteiger partial charge on any atom is -0.465 e. The number of carbonyl (C=O) groups excluding carboxylic acids is 1. The fraction of sp³-hybridized carbons (Fsp3) is 0.182. The van der Waals surface area contributed by atoms with Crippen LogP contribution in [0.5, 0.6) is 0 Å². The van der Waals surface area contributed by atoms with Gasteiger partial charge in [-0.15, -0.1) is 0 Å². The minimum atomic E-state index is -0.332. The smallest absolute Gasteiger partial charge is 0.337 e. The summed E-state index contributed by atoms with van der Waals surface area (Å²) < 4.78 is 11.2. The predicted molar refractivity (Wildman–Crippen MR) is 72.9 cm³/mol. The van der Waals surface area contributed by atoms with Crippen LogP contribution in [0.15, 0.2) is 22.6 Å². The molecule has 0 bridgehead atoms. The summed E-state index contributed by atoms with van der Waals surface area (Å²) in [6.07, 6.45) is 0. The molecule has 5 heteroatoms. The molecule has 84 valence electrons. The number of halogens is 2. The van der Waals surface area contributed by atoms with E-state index in [0.29, 0.717) is 10.9 Å². The number of carbonyl (C=O) groups is 1. The maximum absolute atomic E-state index is 11.4. The Morgan fingerprint density at radius 1 is 1.50 bits per heavy atom. The van der Waals surface area contributed by atoms with Crippen LogP contribution in [0.3, 0.4) is 0 Å². The van der Waals surface area contributed by atoms with Crippen molar-refractivity contribution in [2.45, 2.75) is 5.33 Å². The first-order chi connectivity index (χ1) is 7.65. The van der Waals surface area contributed by atoms with Gasteiger partial charge in [-0.1, -0.05) is 15.9 Å². The second kappa shape index (κ2) is 4.75. The third-order valence-electron chi connectivity index (χ3n) is 2.17. The van der Waals surface area contributed by atoms with E-state index in [9.17, 15) is 4.79 Å². The number of benzene rings is 1. The first-order valence-corrected chi connectivity index (χ1v) is 6.72. The molecule has 0 saturated heterocycles. The second-order valence-electron chi connectivity index (χ2n) is 3.21. The second-order valence-corrected chi connectivity index (χ2v) is 4.94. The van der Waals surface area contributed by atoms with Gasteiger partial charge in [0.15, 0.2) is 0 Å². The van der Waals surface area contributed by atoms with Gasteiger partial charge in [0.1, 0.15) is 11.3 Å². The number of rotatable bonds is 2. The molecule has 2 rings (SSSR count). The Morgan fingerprint density at radius 2 is 2.25 bits per heavy atom. The first kappa shape index (κ1) is 11.9. The summed E-state index contributed by atoms with van der Waals surface area (Å²) in [4.78, 5) is 11.4. The highest BCUT2D eigenvalue weighted by Gasteiger charge is 2.12. The third-order valence-corrected chi connectivity index (χ3v) is 3.53. The molecular formula is C11H8BrIO3. The Morgan fingerprint density at radius 3 is 2.88 bits per heavy atom. The lowest BCUT2D eigenvalue weighted by atomic mass is 10.1. The molecule has 1 aromatic carbocycles. The van der Waals surface area contributed by atoms with Crippen molar-refractivity contribution in [2.24, 2.45) is 0 Å². The minimum absolute atomic E-state index is 0.332. The third kappa shape index (κ3) is 2.10. The van der Waals surface area contributed by atoms with Crippen molar-refractivity contribution in [3.8, 4) is 0 Å². The predicted octanol–water partition coefficient (Wildman–Crippen LogP) is 3.72. The van der Waals surface area contributed by atoms with Crippen LogP contribution in [0.2, 0.25) is 0 Å². The zero-order valence-corrected chi connectivity index (χ0v) is 12.2. The van der Waals surface area contributed by atoms with Crippen molar-refractivity contribution in [2.75, 3.05) is 7.11 Å². The van der Waals surface area contributed by atoms with E-state index < -0.39 is 0 Å². The number of methoxy groups -OCH3 is 1. The van der Waals surface area contributed by atoms with Gasteiger partial charge in [-0.25, -0.2) is 4.79 Å². The molecule has 0 amide bonds. The summed E-state index contributed by atoms with van der Waals surface area (Å²) >= 11 is 5.48. The molecule has 0 aliphatic rings. The molecular weight excluding hydrogens is 387 g/mol. The van der Waals surface area contributed by atoms with Crippen molar-refractivity contribution in [3.63, 3.8) is 0 Å². The number of alkyl halides is 1. The summed E-state index contributed by atoms with van der Waals surface area (Å²) in [6.45, 7) is 0. The largest absolute Gasteiger partial charge is 0.465 e. The maximum atomic E-state index is 11.4. The summed E-state index contributed by atoms with van der Waals surface area (Å²) in [5, 5.41) is 1.58. The monoisotopic (exact) mass is 394 g/mol. The standard InChI is InChI=1S/C11H8BrIO3/c1-15-11(14)7-2-6-3-8(5-12)16-10(6)9(13)4-7/h2-4H,5H2,1H3. The van der Waals surface area contributed by atoms with Crippen LogP contribution in [0.1, 0.15) is 16.1 Å². The number of esters is 1. The highest BCUT2D eigenvalue weighted by molar-refractivity contribution is 14.1. The van der Waals surface area contributed by atoms with Crippen molar-refractivity contribution >= 4 is 55.5 Å². The van der Waals surface area contributed by atoms with E-state index in [1.165, 1.54) is 7.11 Å². The van der Waals surface area contributed by atoms with Gasteiger partial charge in [-0.2, -0.15) is 0 Å². The highest BCUT2D eigenvalue weighted by Crippen LogP contribution is 2.27. The van der Waals surface area contributed by atoms with Gasteiger partial charge in [0, 0.05) is 5.39 Å². The molecule has 0 N–H and O–H groups in total. The zero-order chi connectivity index (χ0) is 11.7. The molecule has 1 heterocycles. The van der Waals surface area contributed by atoms with Crippen LogP contribution in [0, 0.1) is 3.57 Å². The molecule has 16 heavy (non-hydrogen) atoms. The van der Waals surface area contributed by atoms with Gasteiger partial charge in [-0.05, 0) is 40.8 Å². The van der Waals surface area contributed by atoms with Gasteiger partial charge in [0.05, 0.1) is 21.6 Å². The summed E-state index contributed by atoms with van der Waals surface area (Å²) in [7, 11) is 1.37. The van der Waals surface area contributed by atoms with Crippen LogP contribution < -0.4 is 0 Å². The lowest BCUT2D eigenvalue weighted by Gasteiger charge is -2.00. The summed E-state index contributed by atoms with van der Waals surface area (Å²) in [5.74, 6) is 0.511. The Balaban J connectivity index is 2.61. The normalized spacial score (nSPS) is 10.7. The van der Waals surface area contributed by atoms with Crippen molar-refractivity contribution in [3.05, 3.63) is 33.1 Å². The Hall–Kier alpha value is -0.560. The van der Waals surface area contributed by atoms with E-state index >= 15 is 0 Å². The number of ether oxygens (including phenoxy) is 1. The summed E-state index contributed by atoms with van der Waals surface area (Å²) in [6, 6.07) is 5.45. The van der Waals surface area contributed by atoms with Crippen LogP contribution in [-0.4, -0.2) is 13.1 Å². The summed E-state index contributed by atoms with van der Waals surface area (Å²) in [5.41, 5.74) is 1.35. The number of furan rings is 1. The maximum Gasteiger partial charge on any atom is 0.337 e. The fourth-order valence-corrected chi connectivity index (χ4v) is 2.50. The molecule has 0 atom stereocenters. The van der Waals surface area contributed by atoms with E-state index in [-0.39, 0.29) is 5.97 Å². The molecule has 0 aliphatic carbocycles. The Kier molecular flexibility index (Phi) is 3.53. The van der Waals surface area contributed by atoms with E-state index in [0.717, 1.165) is 20.3 Å². The lowest BCUT2D eigenvalue weighted by Crippen LogP contribution is -2.01. The van der Waals surface area contributed by atoms with Gasteiger partial charge in [0.25, 0.3) is 0 Å². The van der Waals surface area contributed by atoms with Gasteiger partial charge < -0.3 is 9.15 Å². The van der Waals surface area contributed by atoms with Gasteiger partial charge >= 0.3 is 5.97 Å². The molecule has 0 unspecified atom stereocenters. The Bertz CT molecular complexity index is 547. The van der Waals surface area contributed by atoms with Crippen molar-refractivity contribution in [1.82, 2.24) is 0 Å². The first-order valence-electron chi connectivity index (χ1n) is 4.52. The number of hydrogen-bond donors (Lipinski definition) is 0. The average Bonchev–Trinajstić information content (AvgIpc) is 2.71. The molecule has 0 fully saturated rings. The molecule has 2 aromatic rings. The van der Waals surface area contributed by atoms with Crippen LogP contribution >= 0.6 is 38.5 Å². The van der Waals surface area contributed by atoms with Crippen molar-refractivity contribution < 1.29 is 13.9 Å². The van der Waals surface area contributed by atoms with Crippen LogP contribution in [-0.2, 0) is 10.1 Å². The SMILES string of the molecule is COC(=O)c1cc(I)c2oc(CBr)cc2c1. The quantitative estimate of drug-likeness (QED) is 0.442. The zero-order valence-electron chi connectivity index (χ0n) is 8.42. The number of hydrogen-bond acceptors (Lipinski definition) is 3. The molecule has 0 saturated carbocycles. The van der Waals surface area contributed by atoms with Crippen LogP contribution in [0.4, 0.5) is 0 Å². The number of fused-ring (bicyclic) bond motifs is 1. The van der Waals surface area contributed by atoms with E-state index in [2.05, 4.69) is 38.5 Å². The molecule has 1 aromatic heterocycles. The lowest BCUT2D eigenvalue weighted by molar-refractivity contribution is 0.0601. The molecule has 3 nitrogen and oxygen atoms in total. The van der Waals surface area contributed by atoms with Crippen molar-refractivity contribution in [1.29, 1.82) is 0 Å². The van der Waals surface area contributed by atoms with E-state index in [1.54, 1.807) is 12.1 Å². The van der Waals surface area contributed by atoms with E-state index in [4.69, 9.17) is 9.15 Å². The van der Waals surface area contributed by atoms with Gasteiger partial charge in [-0.3, -0.25) is 0 Å². The molecule has 0 radical (unpaired) electrons. The molecule has 0 aliphatic heterocycles. The van der Waals surface area contributed by atoms with E-state index in [1.807, 2.05) is 6.07 Å². The Labute approximate surface area is 114 Å².